The van der Waals surface area contributed by atoms with E-state index in [-0.39, 0.29) is 21.1 Å². The number of pyridine rings is 1. The Kier molecular flexibility index (Phi) is 8.70. The molecule has 0 fully saturated rings. The minimum Gasteiger partial charge on any atom is -0.503 e. The maximum Gasteiger partial charge on any atom is 0.269 e. The average molecular weight is 874 g/mol. The smallest absolute Gasteiger partial charge is 0.269 e. The standard InChI is InChI=1S/C48H30N4O.Pt/c1-2-16-35(17-3-1)52-45-25-9-5-20-39(45)40-29-28-37(32-48(40)52)53-36-18-14-15-34(31-36)38-19-4-7-23-43(38)50-33-51(47-27-11-10-26-46(47)50)44-24-8-6-21-41(44)42-22-12-13-30-49-42;/h1-30H;/q-2;. The van der Waals surface area contributed by atoms with Gasteiger partial charge in [-0.25, -0.2) is 0 Å². The van der Waals surface area contributed by atoms with Crippen LogP contribution in [0.15, 0.2) is 182 Å². The summed E-state index contributed by atoms with van der Waals surface area (Å²) in [7, 11) is 0. The third-order valence-corrected chi connectivity index (χ3v) is 9.64. The van der Waals surface area contributed by atoms with Gasteiger partial charge in [0.1, 0.15) is 0 Å². The molecule has 3 aromatic heterocycles. The zero-order valence-electron chi connectivity index (χ0n) is 28.8. The molecule has 0 spiro atoms. The predicted octanol–water partition coefficient (Wildman–Crippen LogP) is 10.9. The molecular weight excluding hydrogens is 844 g/mol. The van der Waals surface area contributed by atoms with E-state index in [4.69, 9.17) is 4.74 Å². The van der Waals surface area contributed by atoms with Gasteiger partial charge in [0.15, 0.2) is 0 Å². The van der Waals surface area contributed by atoms with Crippen LogP contribution in [0.3, 0.4) is 0 Å². The molecule has 0 aliphatic heterocycles. The Morgan fingerprint density at radius 2 is 1.26 bits per heavy atom. The first-order chi connectivity index (χ1) is 26.3. The summed E-state index contributed by atoms with van der Waals surface area (Å²) < 4.78 is 13.0. The van der Waals surface area contributed by atoms with E-state index in [0.717, 1.165) is 66.9 Å². The second-order valence-corrected chi connectivity index (χ2v) is 12.8. The first-order valence-electron chi connectivity index (χ1n) is 17.6. The maximum atomic E-state index is 6.52. The summed E-state index contributed by atoms with van der Waals surface area (Å²) in [6, 6.07) is 67.2. The van der Waals surface area contributed by atoms with Gasteiger partial charge in [0.2, 0.25) is 0 Å². The summed E-state index contributed by atoms with van der Waals surface area (Å²) in [6.07, 6.45) is 5.53. The van der Waals surface area contributed by atoms with Crippen molar-refractivity contribution in [2.24, 2.45) is 0 Å². The van der Waals surface area contributed by atoms with Gasteiger partial charge in [-0.3, -0.25) is 14.1 Å². The molecule has 0 atom stereocenters. The van der Waals surface area contributed by atoms with Crippen LogP contribution in [-0.4, -0.2) is 14.1 Å². The fourth-order valence-corrected chi connectivity index (χ4v) is 7.28. The summed E-state index contributed by atoms with van der Waals surface area (Å²) in [5, 5.41) is 2.30. The Bertz CT molecular complexity index is 2930. The number of para-hydroxylation sites is 6. The quantitative estimate of drug-likeness (QED) is 0.118. The van der Waals surface area contributed by atoms with Gasteiger partial charge in [-0.2, -0.15) is 6.07 Å². The van der Waals surface area contributed by atoms with Gasteiger partial charge in [0, 0.05) is 61.2 Å². The molecule has 10 rings (SSSR count). The largest absolute Gasteiger partial charge is 0.503 e. The minimum absolute atomic E-state index is 0. The van der Waals surface area contributed by atoms with E-state index in [1.54, 1.807) is 0 Å². The predicted molar refractivity (Wildman–Crippen MR) is 211 cm³/mol. The van der Waals surface area contributed by atoms with Gasteiger partial charge < -0.3 is 9.30 Å². The molecule has 0 aliphatic rings. The Hall–Kier alpha value is -6.55. The van der Waals surface area contributed by atoms with Gasteiger partial charge in [-0.15, -0.1) is 41.3 Å². The number of hydrogen-bond acceptors (Lipinski definition) is 2. The van der Waals surface area contributed by atoms with E-state index in [2.05, 4.69) is 165 Å². The molecule has 0 aliphatic carbocycles. The van der Waals surface area contributed by atoms with Crippen molar-refractivity contribution in [1.82, 2.24) is 14.1 Å². The van der Waals surface area contributed by atoms with E-state index in [9.17, 15) is 0 Å². The molecule has 10 aromatic rings. The van der Waals surface area contributed by atoms with Crippen molar-refractivity contribution in [3.05, 3.63) is 201 Å². The van der Waals surface area contributed by atoms with E-state index >= 15 is 0 Å². The van der Waals surface area contributed by atoms with Gasteiger partial charge in [-0.05, 0) is 41.8 Å². The van der Waals surface area contributed by atoms with Crippen molar-refractivity contribution in [3.63, 3.8) is 0 Å². The maximum absolute atomic E-state index is 6.52. The van der Waals surface area contributed by atoms with Crippen LogP contribution in [0, 0.1) is 18.5 Å². The third-order valence-electron chi connectivity index (χ3n) is 9.64. The zero-order valence-corrected chi connectivity index (χ0v) is 31.1. The monoisotopic (exact) mass is 873 g/mol. The number of benzene rings is 7. The second kappa shape index (κ2) is 14.1. The number of aromatic nitrogens is 4. The van der Waals surface area contributed by atoms with Crippen LogP contribution in [0.25, 0.3) is 72.3 Å². The fraction of sp³-hybridized carbons (Fsp3) is 0. The first kappa shape index (κ1) is 33.3. The molecule has 0 bridgehead atoms. The molecule has 0 N–H and O–H groups in total. The van der Waals surface area contributed by atoms with Crippen molar-refractivity contribution in [2.75, 3.05) is 0 Å². The number of imidazole rings is 1. The van der Waals surface area contributed by atoms with E-state index in [1.807, 2.05) is 54.7 Å². The second-order valence-electron chi connectivity index (χ2n) is 12.8. The van der Waals surface area contributed by atoms with Crippen LogP contribution in [0.2, 0.25) is 0 Å². The van der Waals surface area contributed by atoms with Crippen LogP contribution in [0.5, 0.6) is 11.5 Å². The molecule has 0 radical (unpaired) electrons. The van der Waals surface area contributed by atoms with Gasteiger partial charge in [-0.1, -0.05) is 126 Å². The number of hydrogen-bond donors (Lipinski definition) is 0. The summed E-state index contributed by atoms with van der Waals surface area (Å²) >= 11 is 0. The van der Waals surface area contributed by atoms with Crippen molar-refractivity contribution in [2.45, 2.75) is 0 Å². The van der Waals surface area contributed by atoms with Crippen LogP contribution in [0.1, 0.15) is 0 Å². The summed E-state index contributed by atoms with van der Waals surface area (Å²) in [4.78, 5) is 4.66. The van der Waals surface area contributed by atoms with Gasteiger partial charge >= 0.3 is 0 Å². The van der Waals surface area contributed by atoms with Crippen LogP contribution in [0.4, 0.5) is 0 Å². The normalized spacial score (nSPS) is 11.2. The Labute approximate surface area is 327 Å². The topological polar surface area (TPSA) is 35.9 Å². The molecular formula is C48H30N4OPt-2. The molecule has 0 unspecified atom stereocenters. The molecule has 6 heteroatoms. The molecule has 5 nitrogen and oxygen atoms in total. The molecule has 0 saturated carbocycles. The van der Waals surface area contributed by atoms with Gasteiger partial charge in [0.25, 0.3) is 6.33 Å². The van der Waals surface area contributed by atoms with E-state index in [1.165, 1.54) is 5.39 Å². The molecule has 7 aromatic carbocycles. The van der Waals surface area contributed by atoms with Crippen molar-refractivity contribution in [3.8, 4) is 50.9 Å². The number of rotatable bonds is 7. The molecule has 0 saturated heterocycles. The van der Waals surface area contributed by atoms with Crippen LogP contribution in [-0.2, 0) is 21.1 Å². The number of fused-ring (bicyclic) bond motifs is 4. The van der Waals surface area contributed by atoms with E-state index in [0.29, 0.717) is 11.5 Å². The fourth-order valence-electron chi connectivity index (χ4n) is 7.28. The molecule has 0 amide bonds. The zero-order chi connectivity index (χ0) is 35.1. The minimum atomic E-state index is 0. The Balaban J connectivity index is 0.00000384. The Morgan fingerprint density at radius 3 is 2.13 bits per heavy atom. The third kappa shape index (κ3) is 5.80. The van der Waals surface area contributed by atoms with Crippen molar-refractivity contribution >= 4 is 32.8 Å². The SMILES string of the molecule is [Pt].[c-]1c(Oc2[c-]c3c(cc2)c2ccccc2n3-c2ccccc2)cccc1-c1ccccc1-n1[c-][n+](-c2ccccc2-c2ccccn2)c2ccccc21. The number of nitrogens with zero attached hydrogens (tertiary/aromatic N) is 4. The summed E-state index contributed by atoms with van der Waals surface area (Å²) in [6.45, 7) is 0. The van der Waals surface area contributed by atoms with Crippen LogP contribution >= 0.6 is 0 Å². The van der Waals surface area contributed by atoms with Crippen LogP contribution < -0.4 is 9.30 Å². The average Bonchev–Trinajstić information content (AvgIpc) is 3.77. The molecule has 54 heavy (non-hydrogen) atoms. The summed E-state index contributed by atoms with van der Waals surface area (Å²) in [5.41, 5.74) is 11.1. The van der Waals surface area contributed by atoms with Gasteiger partial charge in [0.05, 0.1) is 22.4 Å². The molecule has 260 valence electrons. The van der Waals surface area contributed by atoms with E-state index < -0.39 is 0 Å². The first-order valence-corrected chi connectivity index (χ1v) is 17.6. The summed E-state index contributed by atoms with van der Waals surface area (Å²) in [5.74, 6) is 1.23. The number of ether oxygens (including phenoxy) is 1. The Morgan fingerprint density at radius 1 is 0.537 bits per heavy atom. The van der Waals surface area contributed by atoms with Crippen molar-refractivity contribution in [1.29, 1.82) is 0 Å². The van der Waals surface area contributed by atoms with Crippen molar-refractivity contribution < 1.29 is 30.4 Å². The molecule has 3 heterocycles.